The molecule has 8 heteroatoms. The molecule has 0 saturated carbocycles. The first-order chi connectivity index (χ1) is 16.9. The summed E-state index contributed by atoms with van der Waals surface area (Å²) in [5, 5.41) is 6.27. The number of amides is 3. The number of rotatable bonds is 7. The predicted molar refractivity (Wildman–Crippen MR) is 144 cm³/mol. The van der Waals surface area contributed by atoms with Crippen LogP contribution in [-0.4, -0.2) is 36.5 Å². The third kappa shape index (κ3) is 7.46. The molecule has 3 aromatic carbocycles. The van der Waals surface area contributed by atoms with Crippen LogP contribution in [0.3, 0.4) is 0 Å². The van der Waals surface area contributed by atoms with Crippen molar-refractivity contribution < 1.29 is 14.0 Å². The smallest absolute Gasteiger partial charge is 0.318 e. The highest BCUT2D eigenvalue weighted by molar-refractivity contribution is 6.34. The van der Waals surface area contributed by atoms with E-state index >= 15 is 0 Å². The van der Waals surface area contributed by atoms with Crippen molar-refractivity contribution in [3.8, 4) is 0 Å². The summed E-state index contributed by atoms with van der Waals surface area (Å²) in [5.74, 6) is -0.654. The lowest BCUT2D eigenvalue weighted by Gasteiger charge is -2.30. The van der Waals surface area contributed by atoms with E-state index in [2.05, 4.69) is 10.6 Å². The van der Waals surface area contributed by atoms with Crippen LogP contribution in [0, 0.1) is 5.82 Å². The first-order valence-electron chi connectivity index (χ1n) is 11.6. The number of anilines is 2. The molecule has 36 heavy (non-hydrogen) atoms. The van der Waals surface area contributed by atoms with Crippen LogP contribution in [0.4, 0.5) is 20.6 Å². The Balaban J connectivity index is 1.92. The number of benzene rings is 3. The van der Waals surface area contributed by atoms with Crippen molar-refractivity contribution in [2.75, 3.05) is 24.3 Å². The van der Waals surface area contributed by atoms with Crippen LogP contribution in [-0.2, 0) is 13.1 Å². The Morgan fingerprint density at radius 2 is 1.61 bits per heavy atom. The highest BCUT2D eigenvalue weighted by Gasteiger charge is 2.22. The van der Waals surface area contributed by atoms with Gasteiger partial charge in [-0.25, -0.2) is 9.18 Å². The third-order valence-corrected chi connectivity index (χ3v) is 5.68. The van der Waals surface area contributed by atoms with E-state index in [-0.39, 0.29) is 30.8 Å². The van der Waals surface area contributed by atoms with Gasteiger partial charge in [0.05, 0.1) is 10.6 Å². The number of urea groups is 1. The molecule has 3 rings (SSSR count). The largest absolute Gasteiger partial charge is 0.377 e. The molecule has 0 saturated heterocycles. The van der Waals surface area contributed by atoms with Crippen molar-refractivity contribution in [3.63, 3.8) is 0 Å². The molecule has 0 heterocycles. The van der Waals surface area contributed by atoms with Gasteiger partial charge in [0, 0.05) is 44.1 Å². The minimum atomic E-state index is -0.437. The second-order valence-electron chi connectivity index (χ2n) is 9.83. The number of nitrogens with zero attached hydrogens (tertiary/aromatic N) is 2. The number of nitrogens with one attached hydrogen (secondary N) is 2. The summed E-state index contributed by atoms with van der Waals surface area (Å²) in [4.78, 5) is 29.7. The highest BCUT2D eigenvalue weighted by Crippen LogP contribution is 2.26. The minimum Gasteiger partial charge on any atom is -0.377 e. The van der Waals surface area contributed by atoms with Gasteiger partial charge >= 0.3 is 6.03 Å². The molecule has 0 unspecified atom stereocenters. The topological polar surface area (TPSA) is 64.7 Å². The zero-order valence-corrected chi connectivity index (χ0v) is 22.0. The van der Waals surface area contributed by atoms with Crippen molar-refractivity contribution in [1.29, 1.82) is 0 Å². The fourth-order valence-corrected chi connectivity index (χ4v) is 3.91. The van der Waals surface area contributed by atoms with Crippen LogP contribution in [0.1, 0.15) is 42.3 Å². The summed E-state index contributed by atoms with van der Waals surface area (Å²) in [6.45, 7) is 6.29. The quantitative estimate of drug-likeness (QED) is 0.391. The molecule has 0 fully saturated rings. The van der Waals surface area contributed by atoms with E-state index in [4.69, 9.17) is 11.6 Å². The van der Waals surface area contributed by atoms with E-state index in [0.29, 0.717) is 16.3 Å². The highest BCUT2D eigenvalue weighted by atomic mass is 35.5. The van der Waals surface area contributed by atoms with E-state index in [1.807, 2.05) is 58.0 Å². The zero-order chi connectivity index (χ0) is 26.5. The van der Waals surface area contributed by atoms with Crippen molar-refractivity contribution in [3.05, 3.63) is 94.3 Å². The van der Waals surface area contributed by atoms with Crippen LogP contribution in [0.2, 0.25) is 5.02 Å². The molecule has 0 radical (unpaired) electrons. The molecule has 0 spiro atoms. The van der Waals surface area contributed by atoms with E-state index < -0.39 is 5.54 Å². The Bertz CT molecular complexity index is 1220. The Labute approximate surface area is 217 Å². The van der Waals surface area contributed by atoms with Crippen LogP contribution in [0.25, 0.3) is 0 Å². The first-order valence-corrected chi connectivity index (χ1v) is 12.0. The number of carbonyl (C=O) groups is 2. The van der Waals surface area contributed by atoms with Crippen molar-refractivity contribution >= 4 is 34.9 Å². The van der Waals surface area contributed by atoms with Crippen molar-refractivity contribution in [2.24, 2.45) is 0 Å². The fourth-order valence-electron chi connectivity index (χ4n) is 3.69. The maximum Gasteiger partial charge on any atom is 0.318 e. The second kappa shape index (κ2) is 11.4. The average Bonchev–Trinajstić information content (AvgIpc) is 2.79. The molecule has 0 aliphatic heterocycles. The number of hydrogen-bond acceptors (Lipinski definition) is 3. The predicted octanol–water partition coefficient (Wildman–Crippen LogP) is 6.31. The lowest BCUT2D eigenvalue weighted by Crippen LogP contribution is -2.48. The standard InChI is InChI=1S/C28H32ClFN4O2/c1-28(2,3)32-27(36)34(17-19-10-12-21(30)13-11-19)18-20-16-22(14-15-25(20)33(4)5)31-26(35)23-8-6-7-9-24(23)29/h6-16H,17-18H2,1-5H3,(H,31,35)(H,32,36). The fraction of sp³-hybridized carbons (Fsp3) is 0.286. The molecule has 0 aliphatic rings. The molecule has 190 valence electrons. The van der Waals surface area contributed by atoms with Gasteiger partial charge in [-0.1, -0.05) is 35.9 Å². The Kier molecular flexibility index (Phi) is 8.58. The van der Waals surface area contributed by atoms with Crippen LogP contribution in [0.15, 0.2) is 66.7 Å². The Morgan fingerprint density at radius 1 is 0.944 bits per heavy atom. The van der Waals surface area contributed by atoms with Gasteiger partial charge in [-0.05, 0) is 74.4 Å². The maximum absolute atomic E-state index is 13.4. The van der Waals surface area contributed by atoms with Crippen molar-refractivity contribution in [1.82, 2.24) is 10.2 Å². The van der Waals surface area contributed by atoms with E-state index in [0.717, 1.165) is 16.8 Å². The average molecular weight is 511 g/mol. The van der Waals surface area contributed by atoms with Gasteiger partial charge in [-0.3, -0.25) is 4.79 Å². The van der Waals surface area contributed by atoms with Gasteiger partial charge in [0.25, 0.3) is 5.91 Å². The monoisotopic (exact) mass is 510 g/mol. The summed E-state index contributed by atoms with van der Waals surface area (Å²) in [6.07, 6.45) is 0. The van der Waals surface area contributed by atoms with Gasteiger partial charge in [0.2, 0.25) is 0 Å². The molecule has 3 amide bonds. The number of hydrogen-bond donors (Lipinski definition) is 2. The van der Waals surface area contributed by atoms with E-state index in [1.54, 1.807) is 41.3 Å². The summed E-state index contributed by atoms with van der Waals surface area (Å²) in [5.41, 5.74) is 3.06. The lowest BCUT2D eigenvalue weighted by molar-refractivity contribution is 0.102. The SMILES string of the molecule is CN(C)c1ccc(NC(=O)c2ccccc2Cl)cc1CN(Cc1ccc(F)cc1)C(=O)NC(C)(C)C. The summed E-state index contributed by atoms with van der Waals surface area (Å²) < 4.78 is 13.4. The number of halogens is 2. The molecular formula is C28H32ClFN4O2. The minimum absolute atomic E-state index is 0.248. The van der Waals surface area contributed by atoms with Gasteiger partial charge in [-0.2, -0.15) is 0 Å². The normalized spacial score (nSPS) is 11.1. The van der Waals surface area contributed by atoms with Crippen molar-refractivity contribution in [2.45, 2.75) is 39.4 Å². The molecule has 0 atom stereocenters. The maximum atomic E-state index is 13.4. The van der Waals surface area contributed by atoms with E-state index in [9.17, 15) is 14.0 Å². The molecule has 3 aromatic rings. The van der Waals surface area contributed by atoms with Gasteiger partial charge < -0.3 is 20.4 Å². The van der Waals surface area contributed by atoms with Gasteiger partial charge in [0.1, 0.15) is 5.82 Å². The zero-order valence-electron chi connectivity index (χ0n) is 21.2. The second-order valence-corrected chi connectivity index (χ2v) is 10.2. The van der Waals surface area contributed by atoms with Crippen LogP contribution >= 0.6 is 11.6 Å². The van der Waals surface area contributed by atoms with Crippen LogP contribution in [0.5, 0.6) is 0 Å². The Hall–Kier alpha value is -3.58. The molecular weight excluding hydrogens is 479 g/mol. The molecule has 6 nitrogen and oxygen atoms in total. The lowest BCUT2D eigenvalue weighted by atomic mass is 10.1. The summed E-state index contributed by atoms with van der Waals surface area (Å²) >= 11 is 6.18. The van der Waals surface area contributed by atoms with Gasteiger partial charge in [-0.15, -0.1) is 0 Å². The van der Waals surface area contributed by atoms with Crippen LogP contribution < -0.4 is 15.5 Å². The molecule has 2 N–H and O–H groups in total. The Morgan fingerprint density at radius 3 is 2.22 bits per heavy atom. The van der Waals surface area contributed by atoms with E-state index in [1.165, 1.54) is 12.1 Å². The first kappa shape index (κ1) is 27.0. The van der Waals surface area contributed by atoms with Gasteiger partial charge in [0.15, 0.2) is 0 Å². The third-order valence-electron chi connectivity index (χ3n) is 5.35. The molecule has 0 bridgehead atoms. The number of carbonyl (C=O) groups excluding carboxylic acids is 2. The summed E-state index contributed by atoms with van der Waals surface area (Å²) in [6, 6.07) is 18.3. The molecule has 0 aromatic heterocycles. The summed E-state index contributed by atoms with van der Waals surface area (Å²) in [7, 11) is 3.83. The molecule has 0 aliphatic carbocycles.